The van der Waals surface area contributed by atoms with E-state index in [2.05, 4.69) is 33.0 Å². The molecule has 1 saturated heterocycles. The first-order chi connectivity index (χ1) is 7.90. The fourth-order valence-corrected chi connectivity index (χ4v) is 2.26. The zero-order chi connectivity index (χ0) is 13.0. The summed E-state index contributed by atoms with van der Waals surface area (Å²) < 4.78 is 0. The van der Waals surface area contributed by atoms with Gasteiger partial charge in [-0.1, -0.05) is 27.7 Å². The quantitative estimate of drug-likeness (QED) is 0.751. The zero-order valence-electron chi connectivity index (χ0n) is 11.4. The van der Waals surface area contributed by atoms with Crippen molar-refractivity contribution in [2.45, 2.75) is 46.3 Å². The standard InChI is InChI=1S/C13H26N2O2/c1-9(2)7-15(8-10(3)4)13(17)12-5-11(16)6-14-12/h9-12,14,16H,5-8H2,1-4H3. The Morgan fingerprint density at radius 2 is 1.82 bits per heavy atom. The molecule has 2 atom stereocenters. The second-order valence-electron chi connectivity index (χ2n) is 5.88. The van der Waals surface area contributed by atoms with Gasteiger partial charge in [-0.15, -0.1) is 0 Å². The van der Waals surface area contributed by atoms with Crippen LogP contribution in [-0.4, -0.2) is 47.7 Å². The van der Waals surface area contributed by atoms with Crippen LogP contribution in [0.2, 0.25) is 0 Å². The van der Waals surface area contributed by atoms with Gasteiger partial charge in [-0.2, -0.15) is 0 Å². The summed E-state index contributed by atoms with van der Waals surface area (Å²) in [6, 6.07) is -0.192. The molecular formula is C13H26N2O2. The number of nitrogens with zero attached hydrogens (tertiary/aromatic N) is 1. The molecule has 2 N–H and O–H groups in total. The van der Waals surface area contributed by atoms with Gasteiger partial charge in [0.2, 0.25) is 5.91 Å². The topological polar surface area (TPSA) is 52.6 Å². The number of β-amino-alcohol motifs (C(OH)–C–C–N with tert-alkyl or cyclic N) is 1. The van der Waals surface area contributed by atoms with Gasteiger partial charge in [-0.25, -0.2) is 0 Å². The van der Waals surface area contributed by atoms with Crippen molar-refractivity contribution in [3.63, 3.8) is 0 Å². The Labute approximate surface area is 104 Å². The lowest BCUT2D eigenvalue weighted by atomic mass is 10.1. The first-order valence-corrected chi connectivity index (χ1v) is 6.60. The number of hydrogen-bond acceptors (Lipinski definition) is 3. The van der Waals surface area contributed by atoms with Crippen molar-refractivity contribution in [2.24, 2.45) is 11.8 Å². The van der Waals surface area contributed by atoms with Crippen molar-refractivity contribution >= 4 is 5.91 Å². The molecule has 4 nitrogen and oxygen atoms in total. The molecule has 0 radical (unpaired) electrons. The van der Waals surface area contributed by atoms with Crippen LogP contribution in [0.15, 0.2) is 0 Å². The van der Waals surface area contributed by atoms with E-state index in [9.17, 15) is 9.90 Å². The molecule has 0 aromatic rings. The largest absolute Gasteiger partial charge is 0.392 e. The second kappa shape index (κ2) is 6.36. The number of amides is 1. The molecule has 0 bridgehead atoms. The van der Waals surface area contributed by atoms with Gasteiger partial charge in [0.15, 0.2) is 0 Å². The van der Waals surface area contributed by atoms with Crippen molar-refractivity contribution in [2.75, 3.05) is 19.6 Å². The molecule has 2 unspecified atom stereocenters. The average molecular weight is 242 g/mol. The van der Waals surface area contributed by atoms with Crippen molar-refractivity contribution in [3.05, 3.63) is 0 Å². The molecule has 0 aliphatic carbocycles. The van der Waals surface area contributed by atoms with Gasteiger partial charge in [0.25, 0.3) is 0 Å². The van der Waals surface area contributed by atoms with Crippen LogP contribution in [0, 0.1) is 11.8 Å². The van der Waals surface area contributed by atoms with Crippen LogP contribution in [0.3, 0.4) is 0 Å². The van der Waals surface area contributed by atoms with Crippen molar-refractivity contribution in [3.8, 4) is 0 Å². The second-order valence-corrected chi connectivity index (χ2v) is 5.88. The SMILES string of the molecule is CC(C)CN(CC(C)C)C(=O)C1CC(O)CN1. The number of aliphatic hydroxyl groups excluding tert-OH is 1. The van der Waals surface area contributed by atoms with Gasteiger partial charge in [0.1, 0.15) is 0 Å². The summed E-state index contributed by atoms with van der Waals surface area (Å²) in [6.45, 7) is 10.6. The molecule has 1 rings (SSSR count). The maximum Gasteiger partial charge on any atom is 0.239 e. The first-order valence-electron chi connectivity index (χ1n) is 6.60. The summed E-state index contributed by atoms with van der Waals surface area (Å²) in [4.78, 5) is 14.2. The number of hydrogen-bond donors (Lipinski definition) is 2. The van der Waals surface area contributed by atoms with Crippen LogP contribution in [0.1, 0.15) is 34.1 Å². The lowest BCUT2D eigenvalue weighted by molar-refractivity contribution is -0.134. The van der Waals surface area contributed by atoms with Crippen LogP contribution in [0.4, 0.5) is 0 Å². The van der Waals surface area contributed by atoms with Gasteiger partial charge in [-0.3, -0.25) is 4.79 Å². The number of nitrogens with one attached hydrogen (secondary N) is 1. The van der Waals surface area contributed by atoms with Gasteiger partial charge in [0, 0.05) is 19.6 Å². The highest BCUT2D eigenvalue weighted by atomic mass is 16.3. The summed E-state index contributed by atoms with van der Waals surface area (Å²) in [6.07, 6.45) is 0.176. The predicted molar refractivity (Wildman–Crippen MR) is 68.7 cm³/mol. The number of carbonyl (C=O) groups is 1. The summed E-state index contributed by atoms with van der Waals surface area (Å²) in [5.74, 6) is 1.09. The minimum Gasteiger partial charge on any atom is -0.392 e. The summed E-state index contributed by atoms with van der Waals surface area (Å²) >= 11 is 0. The Morgan fingerprint density at radius 1 is 1.29 bits per heavy atom. The fourth-order valence-electron chi connectivity index (χ4n) is 2.26. The molecule has 0 aromatic heterocycles. The van der Waals surface area contributed by atoms with Crippen molar-refractivity contribution in [1.82, 2.24) is 10.2 Å². The highest BCUT2D eigenvalue weighted by molar-refractivity contribution is 5.82. The maximum atomic E-state index is 12.3. The number of aliphatic hydroxyl groups is 1. The van der Waals surface area contributed by atoms with Crippen LogP contribution < -0.4 is 5.32 Å². The third-order valence-corrected chi connectivity index (χ3v) is 2.89. The minimum atomic E-state index is -0.371. The van der Waals surface area contributed by atoms with E-state index in [4.69, 9.17) is 0 Å². The normalized spacial score (nSPS) is 24.6. The molecule has 0 aromatic carbocycles. The van der Waals surface area contributed by atoms with Crippen LogP contribution in [-0.2, 0) is 4.79 Å². The molecule has 4 heteroatoms. The smallest absolute Gasteiger partial charge is 0.239 e. The lowest BCUT2D eigenvalue weighted by Gasteiger charge is -2.28. The molecule has 0 spiro atoms. The van der Waals surface area contributed by atoms with E-state index in [-0.39, 0.29) is 18.1 Å². The van der Waals surface area contributed by atoms with Gasteiger partial charge in [-0.05, 0) is 18.3 Å². The Kier molecular flexibility index (Phi) is 5.40. The maximum absolute atomic E-state index is 12.3. The monoisotopic (exact) mass is 242 g/mol. The molecule has 0 saturated carbocycles. The third-order valence-electron chi connectivity index (χ3n) is 2.89. The summed E-state index contributed by atoms with van der Waals surface area (Å²) in [5, 5.41) is 12.6. The molecule has 1 amide bonds. The van der Waals surface area contributed by atoms with E-state index >= 15 is 0 Å². The predicted octanol–water partition coefficient (Wildman–Crippen LogP) is 0.850. The van der Waals surface area contributed by atoms with Crippen LogP contribution >= 0.6 is 0 Å². The Morgan fingerprint density at radius 3 is 2.18 bits per heavy atom. The van der Waals surface area contributed by atoms with Gasteiger partial charge < -0.3 is 15.3 Å². The summed E-state index contributed by atoms with van der Waals surface area (Å²) in [5.41, 5.74) is 0. The molecular weight excluding hydrogens is 216 g/mol. The molecule has 1 fully saturated rings. The summed E-state index contributed by atoms with van der Waals surface area (Å²) in [7, 11) is 0. The first kappa shape index (κ1) is 14.5. The van der Waals surface area contributed by atoms with E-state index in [0.717, 1.165) is 13.1 Å². The van der Waals surface area contributed by atoms with E-state index in [0.29, 0.717) is 24.8 Å². The Hall–Kier alpha value is -0.610. The van der Waals surface area contributed by atoms with E-state index in [1.807, 2.05) is 4.90 Å². The van der Waals surface area contributed by atoms with Crippen molar-refractivity contribution in [1.29, 1.82) is 0 Å². The molecule has 17 heavy (non-hydrogen) atoms. The highest BCUT2D eigenvalue weighted by Crippen LogP contribution is 2.12. The Bertz CT molecular complexity index is 244. The molecule has 1 heterocycles. The minimum absolute atomic E-state index is 0.143. The van der Waals surface area contributed by atoms with Crippen molar-refractivity contribution < 1.29 is 9.90 Å². The van der Waals surface area contributed by atoms with Gasteiger partial charge in [0.05, 0.1) is 12.1 Å². The Balaban J connectivity index is 2.58. The van der Waals surface area contributed by atoms with Gasteiger partial charge >= 0.3 is 0 Å². The highest BCUT2D eigenvalue weighted by Gasteiger charge is 2.31. The van der Waals surface area contributed by atoms with E-state index < -0.39 is 0 Å². The number of carbonyl (C=O) groups excluding carboxylic acids is 1. The molecule has 1 aliphatic rings. The van der Waals surface area contributed by atoms with E-state index in [1.165, 1.54) is 0 Å². The third kappa shape index (κ3) is 4.64. The molecule has 100 valence electrons. The average Bonchev–Trinajstić information content (AvgIpc) is 2.61. The fraction of sp³-hybridized carbons (Fsp3) is 0.923. The molecule has 1 aliphatic heterocycles. The number of rotatable bonds is 5. The zero-order valence-corrected chi connectivity index (χ0v) is 11.4. The van der Waals surface area contributed by atoms with Crippen LogP contribution in [0.5, 0.6) is 0 Å². The van der Waals surface area contributed by atoms with Crippen LogP contribution in [0.25, 0.3) is 0 Å². The lowest BCUT2D eigenvalue weighted by Crippen LogP contribution is -2.46. The van der Waals surface area contributed by atoms with E-state index in [1.54, 1.807) is 0 Å².